The van der Waals surface area contributed by atoms with E-state index in [0.29, 0.717) is 18.0 Å². The molecule has 0 fully saturated rings. The normalized spacial score (nSPS) is 12.1. The summed E-state index contributed by atoms with van der Waals surface area (Å²) >= 11 is 6.16. The van der Waals surface area contributed by atoms with Crippen LogP contribution in [0.25, 0.3) is 11.0 Å². The average molecular weight is 368 g/mol. The van der Waals surface area contributed by atoms with E-state index in [9.17, 15) is 13.2 Å². The van der Waals surface area contributed by atoms with Crippen molar-refractivity contribution < 1.29 is 13.2 Å². The van der Waals surface area contributed by atoms with Crippen molar-refractivity contribution in [1.29, 1.82) is 0 Å². The Morgan fingerprint density at radius 3 is 2.44 bits per heavy atom. The van der Waals surface area contributed by atoms with Gasteiger partial charge in [-0.2, -0.15) is 13.2 Å². The Labute approximate surface area is 148 Å². The quantitative estimate of drug-likeness (QED) is 0.622. The van der Waals surface area contributed by atoms with Crippen molar-refractivity contribution in [3.63, 3.8) is 0 Å². The zero-order chi connectivity index (χ0) is 18.2. The highest BCUT2D eigenvalue weighted by atomic mass is 35.5. The average Bonchev–Trinajstić information content (AvgIpc) is 2.92. The lowest BCUT2D eigenvalue weighted by Crippen LogP contribution is -2.09. The van der Waals surface area contributed by atoms with Crippen LogP contribution in [-0.2, 0) is 12.7 Å². The number of rotatable bonds is 4. The molecule has 3 nitrogen and oxygen atoms in total. The number of halogens is 4. The molecule has 0 atom stereocenters. The second-order valence-electron chi connectivity index (χ2n) is 6.06. The summed E-state index contributed by atoms with van der Waals surface area (Å²) in [4.78, 5) is 4.35. The van der Waals surface area contributed by atoms with Gasteiger partial charge in [-0.25, -0.2) is 4.98 Å². The smallest absolute Gasteiger partial charge is 0.352 e. The fraction of sp³-hybridized carbons (Fsp3) is 0.278. The van der Waals surface area contributed by atoms with Crippen LogP contribution in [0, 0.1) is 0 Å². The number of fused-ring (bicyclic) bond motifs is 1. The highest BCUT2D eigenvalue weighted by molar-refractivity contribution is 6.35. The van der Waals surface area contributed by atoms with Gasteiger partial charge in [0.05, 0.1) is 21.6 Å². The van der Waals surface area contributed by atoms with Gasteiger partial charge < -0.3 is 9.88 Å². The molecule has 2 aromatic carbocycles. The van der Waals surface area contributed by atoms with Crippen LogP contribution >= 0.6 is 11.6 Å². The minimum absolute atomic E-state index is 0.0162. The Balaban J connectivity index is 2.05. The molecule has 3 rings (SSSR count). The van der Waals surface area contributed by atoms with E-state index in [1.165, 1.54) is 0 Å². The fourth-order valence-corrected chi connectivity index (χ4v) is 3.06. The van der Waals surface area contributed by atoms with E-state index >= 15 is 0 Å². The lowest BCUT2D eigenvalue weighted by molar-refractivity contribution is -0.137. The number of aromatic nitrogens is 2. The summed E-state index contributed by atoms with van der Waals surface area (Å²) in [7, 11) is 0. The molecule has 0 saturated carbocycles. The molecule has 0 aliphatic rings. The van der Waals surface area contributed by atoms with Gasteiger partial charge in [-0.15, -0.1) is 0 Å². The third kappa shape index (κ3) is 3.58. The predicted molar refractivity (Wildman–Crippen MR) is 93.9 cm³/mol. The van der Waals surface area contributed by atoms with Crippen LogP contribution in [-0.4, -0.2) is 9.55 Å². The third-order valence-electron chi connectivity index (χ3n) is 3.88. The van der Waals surface area contributed by atoms with E-state index in [1.54, 1.807) is 0 Å². The van der Waals surface area contributed by atoms with Crippen LogP contribution in [0.2, 0.25) is 5.02 Å². The molecule has 3 aromatic rings. The molecule has 7 heteroatoms. The number of benzene rings is 2. The van der Waals surface area contributed by atoms with E-state index in [2.05, 4.69) is 10.3 Å². The molecule has 1 aromatic heterocycles. The minimum Gasteiger partial charge on any atom is -0.352 e. The van der Waals surface area contributed by atoms with Gasteiger partial charge in [0.1, 0.15) is 0 Å². The van der Waals surface area contributed by atoms with E-state index in [4.69, 9.17) is 11.6 Å². The van der Waals surface area contributed by atoms with Crippen molar-refractivity contribution in [2.75, 3.05) is 5.32 Å². The van der Waals surface area contributed by atoms with E-state index < -0.39 is 11.7 Å². The zero-order valence-corrected chi connectivity index (χ0v) is 14.5. The molecule has 1 heterocycles. The summed E-state index contributed by atoms with van der Waals surface area (Å²) in [5.41, 5.74) is 0.976. The molecule has 0 radical (unpaired) electrons. The molecule has 132 valence electrons. The third-order valence-corrected chi connectivity index (χ3v) is 4.16. The summed E-state index contributed by atoms with van der Waals surface area (Å²) in [6, 6.07) is 11.7. The Kier molecular flexibility index (Phi) is 4.64. The van der Waals surface area contributed by atoms with Gasteiger partial charge in [-0.3, -0.25) is 0 Å². The van der Waals surface area contributed by atoms with Crippen molar-refractivity contribution in [2.45, 2.75) is 32.6 Å². The standard InChI is InChI=1S/C18H17ClF3N3/c1-11(2)25-16-14(19)8-13(18(20,21)22)9-15(16)24-17(25)23-10-12-6-4-3-5-7-12/h3-9,11H,10H2,1-2H3,(H,23,24). The molecule has 0 spiro atoms. The predicted octanol–water partition coefficient (Wildman–Crippen LogP) is 5.90. The zero-order valence-electron chi connectivity index (χ0n) is 13.7. The van der Waals surface area contributed by atoms with Crippen LogP contribution in [0.15, 0.2) is 42.5 Å². The number of hydrogen-bond acceptors (Lipinski definition) is 2. The SMILES string of the molecule is CC(C)n1c(NCc2ccccc2)nc2cc(C(F)(F)F)cc(Cl)c21. The second kappa shape index (κ2) is 6.59. The number of anilines is 1. The molecule has 0 bridgehead atoms. The number of imidazole rings is 1. The summed E-state index contributed by atoms with van der Waals surface area (Å²) < 4.78 is 40.9. The molecule has 25 heavy (non-hydrogen) atoms. The number of nitrogens with zero attached hydrogens (tertiary/aromatic N) is 2. The van der Waals surface area contributed by atoms with Crippen LogP contribution in [0.1, 0.15) is 31.0 Å². The van der Waals surface area contributed by atoms with E-state index in [-0.39, 0.29) is 16.6 Å². The van der Waals surface area contributed by atoms with Crippen molar-refractivity contribution in [2.24, 2.45) is 0 Å². The van der Waals surface area contributed by atoms with Gasteiger partial charge in [0.2, 0.25) is 5.95 Å². The van der Waals surface area contributed by atoms with Gasteiger partial charge in [0.15, 0.2) is 0 Å². The Morgan fingerprint density at radius 1 is 1.16 bits per heavy atom. The maximum Gasteiger partial charge on any atom is 0.416 e. The number of nitrogens with one attached hydrogen (secondary N) is 1. The number of alkyl halides is 3. The molecular weight excluding hydrogens is 351 g/mol. The molecule has 1 N–H and O–H groups in total. The first-order chi connectivity index (χ1) is 11.8. The first kappa shape index (κ1) is 17.6. The maximum absolute atomic E-state index is 13.0. The van der Waals surface area contributed by atoms with Crippen LogP contribution in [0.4, 0.5) is 19.1 Å². The topological polar surface area (TPSA) is 29.9 Å². The highest BCUT2D eigenvalue weighted by Crippen LogP contribution is 2.37. The summed E-state index contributed by atoms with van der Waals surface area (Å²) in [6.45, 7) is 4.38. The highest BCUT2D eigenvalue weighted by Gasteiger charge is 2.32. The Hall–Kier alpha value is -2.21. The van der Waals surface area contributed by atoms with Crippen molar-refractivity contribution in [3.05, 3.63) is 58.6 Å². The van der Waals surface area contributed by atoms with Crippen molar-refractivity contribution in [3.8, 4) is 0 Å². The Bertz CT molecular complexity index is 886. The molecule has 0 saturated heterocycles. The van der Waals surface area contributed by atoms with Gasteiger partial charge in [0.25, 0.3) is 0 Å². The largest absolute Gasteiger partial charge is 0.416 e. The van der Waals surface area contributed by atoms with Crippen molar-refractivity contribution >= 4 is 28.6 Å². The van der Waals surface area contributed by atoms with Gasteiger partial charge in [0, 0.05) is 12.6 Å². The molecule has 0 amide bonds. The van der Waals surface area contributed by atoms with Gasteiger partial charge >= 0.3 is 6.18 Å². The summed E-state index contributed by atoms with van der Waals surface area (Å²) in [6.07, 6.45) is -4.46. The molecular formula is C18H17ClF3N3. The lowest BCUT2D eigenvalue weighted by atomic mass is 10.2. The maximum atomic E-state index is 13.0. The van der Waals surface area contributed by atoms with E-state index in [0.717, 1.165) is 17.7 Å². The van der Waals surface area contributed by atoms with Crippen LogP contribution in [0.3, 0.4) is 0 Å². The Morgan fingerprint density at radius 2 is 1.84 bits per heavy atom. The van der Waals surface area contributed by atoms with Crippen LogP contribution in [0.5, 0.6) is 0 Å². The molecule has 0 aliphatic heterocycles. The first-order valence-corrected chi connectivity index (χ1v) is 8.21. The van der Waals surface area contributed by atoms with Gasteiger partial charge in [-0.1, -0.05) is 41.9 Å². The monoisotopic (exact) mass is 367 g/mol. The van der Waals surface area contributed by atoms with Crippen LogP contribution < -0.4 is 5.32 Å². The minimum atomic E-state index is -4.46. The second-order valence-corrected chi connectivity index (χ2v) is 6.47. The van der Waals surface area contributed by atoms with E-state index in [1.807, 2.05) is 48.7 Å². The molecule has 0 unspecified atom stereocenters. The van der Waals surface area contributed by atoms with Crippen molar-refractivity contribution in [1.82, 2.24) is 9.55 Å². The first-order valence-electron chi connectivity index (χ1n) is 7.84. The summed E-state index contributed by atoms with van der Waals surface area (Å²) in [5.74, 6) is 0.495. The molecule has 0 aliphatic carbocycles. The number of hydrogen-bond donors (Lipinski definition) is 1. The lowest BCUT2D eigenvalue weighted by Gasteiger charge is -2.15. The summed E-state index contributed by atoms with van der Waals surface area (Å²) in [5, 5.41) is 3.24. The van der Waals surface area contributed by atoms with Gasteiger partial charge in [-0.05, 0) is 31.5 Å². The fourth-order valence-electron chi connectivity index (χ4n) is 2.75.